The number of rotatable bonds is 2. The van der Waals surface area contributed by atoms with Gasteiger partial charge in [0.05, 0.1) is 0 Å². The fourth-order valence-electron chi connectivity index (χ4n) is 0.118. The topological polar surface area (TPSA) is 17.1 Å². The van der Waals surface area contributed by atoms with Crippen LogP contribution in [0.2, 0.25) is 0 Å². The molecule has 2 heteroatoms. The highest BCUT2D eigenvalue weighted by Crippen LogP contribution is 1.74. The third-order valence-corrected chi connectivity index (χ3v) is 0.407. The van der Waals surface area contributed by atoms with Crippen LogP contribution in [-0.4, -0.2) is 6.29 Å². The quantitative estimate of drug-likeness (QED) is 0.550. The Morgan fingerprint density at radius 1 is 1.67 bits per heavy atom. The number of unbranched alkanes of at least 4 members (excludes halogenated alkanes) is 1. The third kappa shape index (κ3) is 8.91. The van der Waals surface area contributed by atoms with E-state index in [1.165, 1.54) is 0 Å². The van der Waals surface area contributed by atoms with Gasteiger partial charge in [0.2, 0.25) is 0 Å². The maximum Gasteiger partial charge on any atom is 0.119 e. The molecule has 0 aliphatic rings. The van der Waals surface area contributed by atoms with Crippen LogP contribution in [0.15, 0.2) is 0 Å². The SMILES string of the molecule is Br.CCCC=O. The van der Waals surface area contributed by atoms with E-state index in [1.54, 1.807) is 0 Å². The second-order valence-corrected chi connectivity index (χ2v) is 0.955. The largest absolute Gasteiger partial charge is 0.303 e. The number of hydrogen-bond donors (Lipinski definition) is 0. The van der Waals surface area contributed by atoms with Gasteiger partial charge in [-0.2, -0.15) is 0 Å². The molecule has 0 N–H and O–H groups in total. The van der Waals surface area contributed by atoms with Gasteiger partial charge in [-0.3, -0.25) is 0 Å². The van der Waals surface area contributed by atoms with Gasteiger partial charge < -0.3 is 4.79 Å². The zero-order chi connectivity index (χ0) is 4.12. The maximum atomic E-state index is 9.40. The Hall–Kier alpha value is 0.150. The molecule has 0 bridgehead atoms. The second kappa shape index (κ2) is 8.94. The molecule has 0 aromatic rings. The lowest BCUT2D eigenvalue weighted by Gasteiger charge is -1.68. The monoisotopic (exact) mass is 152 g/mol. The third-order valence-electron chi connectivity index (χ3n) is 0.407. The molecule has 0 aliphatic heterocycles. The van der Waals surface area contributed by atoms with Crippen LogP contribution in [0, 0.1) is 0 Å². The first-order valence-corrected chi connectivity index (χ1v) is 1.85. The molecule has 0 fully saturated rings. The van der Waals surface area contributed by atoms with E-state index in [2.05, 4.69) is 0 Å². The molecule has 0 saturated carbocycles. The van der Waals surface area contributed by atoms with Gasteiger partial charge in [-0.15, -0.1) is 17.0 Å². The first-order chi connectivity index (χ1) is 2.41. The molecule has 1 nitrogen and oxygen atoms in total. The lowest BCUT2D eigenvalue weighted by atomic mass is 10.4. The minimum atomic E-state index is 0. The summed E-state index contributed by atoms with van der Waals surface area (Å²) in [4.78, 5) is 9.40. The molecular weight excluding hydrogens is 144 g/mol. The number of carbonyl (C=O) groups is 1. The van der Waals surface area contributed by atoms with Gasteiger partial charge in [0, 0.05) is 6.42 Å². The summed E-state index contributed by atoms with van der Waals surface area (Å²) < 4.78 is 0. The van der Waals surface area contributed by atoms with E-state index >= 15 is 0 Å². The van der Waals surface area contributed by atoms with Gasteiger partial charge in [0.15, 0.2) is 0 Å². The fourth-order valence-corrected chi connectivity index (χ4v) is 0.118. The molecule has 0 saturated heterocycles. The van der Waals surface area contributed by atoms with Crippen LogP contribution >= 0.6 is 17.0 Å². The number of carbonyl (C=O) groups excluding carboxylic acids is 1. The summed E-state index contributed by atoms with van der Waals surface area (Å²) in [5.41, 5.74) is 0. The lowest BCUT2D eigenvalue weighted by molar-refractivity contribution is -0.107. The van der Waals surface area contributed by atoms with E-state index in [9.17, 15) is 4.79 Å². The van der Waals surface area contributed by atoms with Crippen molar-refractivity contribution < 1.29 is 4.79 Å². The molecule has 0 radical (unpaired) electrons. The van der Waals surface area contributed by atoms with Crippen LogP contribution in [0.4, 0.5) is 0 Å². The van der Waals surface area contributed by atoms with E-state index < -0.39 is 0 Å². The summed E-state index contributed by atoms with van der Waals surface area (Å²) in [6.07, 6.45) is 2.61. The number of hydrogen-bond acceptors (Lipinski definition) is 1. The highest BCUT2D eigenvalue weighted by atomic mass is 79.9. The Labute approximate surface area is 48.5 Å². The van der Waals surface area contributed by atoms with E-state index in [-0.39, 0.29) is 17.0 Å². The minimum absolute atomic E-state index is 0. The van der Waals surface area contributed by atoms with Crippen molar-refractivity contribution in [3.8, 4) is 0 Å². The standard InChI is InChI=1S/C4H8O.BrH/c1-2-3-4-5;/h4H,2-3H2,1H3;1H. The van der Waals surface area contributed by atoms with E-state index in [4.69, 9.17) is 0 Å². The zero-order valence-electron chi connectivity index (χ0n) is 3.81. The summed E-state index contributed by atoms with van der Waals surface area (Å²) >= 11 is 0. The zero-order valence-corrected chi connectivity index (χ0v) is 5.52. The lowest BCUT2D eigenvalue weighted by Crippen LogP contribution is -1.64. The van der Waals surface area contributed by atoms with E-state index in [0.717, 1.165) is 12.7 Å². The van der Waals surface area contributed by atoms with Gasteiger partial charge >= 0.3 is 0 Å². The summed E-state index contributed by atoms with van der Waals surface area (Å²) in [7, 11) is 0. The van der Waals surface area contributed by atoms with Gasteiger partial charge in [0.25, 0.3) is 0 Å². The maximum absolute atomic E-state index is 9.40. The minimum Gasteiger partial charge on any atom is -0.303 e. The molecule has 0 spiro atoms. The second-order valence-electron chi connectivity index (χ2n) is 0.955. The van der Waals surface area contributed by atoms with Gasteiger partial charge in [-0.1, -0.05) is 6.92 Å². The van der Waals surface area contributed by atoms with E-state index in [0.29, 0.717) is 6.42 Å². The predicted octanol–water partition coefficient (Wildman–Crippen LogP) is 1.56. The van der Waals surface area contributed by atoms with Gasteiger partial charge in [-0.25, -0.2) is 0 Å². The summed E-state index contributed by atoms with van der Waals surface area (Å²) in [5.74, 6) is 0. The molecule has 0 rings (SSSR count). The predicted molar refractivity (Wildman–Crippen MR) is 31.3 cm³/mol. The summed E-state index contributed by atoms with van der Waals surface area (Å²) in [5, 5.41) is 0. The Balaban J connectivity index is 0. The highest BCUT2D eigenvalue weighted by Gasteiger charge is 1.66. The molecule has 0 aromatic carbocycles. The van der Waals surface area contributed by atoms with Crippen LogP contribution in [-0.2, 0) is 4.79 Å². The van der Waals surface area contributed by atoms with Crippen molar-refractivity contribution in [3.63, 3.8) is 0 Å². The summed E-state index contributed by atoms with van der Waals surface area (Å²) in [6, 6.07) is 0. The highest BCUT2D eigenvalue weighted by molar-refractivity contribution is 8.93. The van der Waals surface area contributed by atoms with E-state index in [1.807, 2.05) is 6.92 Å². The smallest absolute Gasteiger partial charge is 0.119 e. The Bertz CT molecular complexity index is 28.7. The molecule has 0 amide bonds. The molecule has 38 valence electrons. The van der Waals surface area contributed by atoms with Crippen molar-refractivity contribution in [2.45, 2.75) is 19.8 Å². The van der Waals surface area contributed by atoms with Gasteiger partial charge in [-0.05, 0) is 6.42 Å². The summed E-state index contributed by atoms with van der Waals surface area (Å²) in [6.45, 7) is 1.98. The Kier molecular flexibility index (Phi) is 14.1. The Morgan fingerprint density at radius 2 is 2.17 bits per heavy atom. The van der Waals surface area contributed by atoms with Crippen molar-refractivity contribution in [2.24, 2.45) is 0 Å². The molecule has 0 unspecified atom stereocenters. The van der Waals surface area contributed by atoms with Crippen LogP contribution in [0.25, 0.3) is 0 Å². The fraction of sp³-hybridized carbons (Fsp3) is 0.750. The normalized spacial score (nSPS) is 6.17. The number of aldehydes is 1. The van der Waals surface area contributed by atoms with Crippen molar-refractivity contribution in [1.29, 1.82) is 0 Å². The van der Waals surface area contributed by atoms with Crippen molar-refractivity contribution in [3.05, 3.63) is 0 Å². The van der Waals surface area contributed by atoms with Gasteiger partial charge in [0.1, 0.15) is 6.29 Å². The Morgan fingerprint density at radius 3 is 2.17 bits per heavy atom. The van der Waals surface area contributed by atoms with Crippen molar-refractivity contribution in [1.82, 2.24) is 0 Å². The van der Waals surface area contributed by atoms with Crippen molar-refractivity contribution in [2.75, 3.05) is 0 Å². The van der Waals surface area contributed by atoms with Crippen LogP contribution in [0.5, 0.6) is 0 Å². The average molecular weight is 153 g/mol. The molecule has 0 aliphatic carbocycles. The van der Waals surface area contributed by atoms with Crippen LogP contribution in [0.3, 0.4) is 0 Å². The van der Waals surface area contributed by atoms with Crippen LogP contribution < -0.4 is 0 Å². The first kappa shape index (κ1) is 9.47. The molecule has 6 heavy (non-hydrogen) atoms. The number of halogens is 1. The molecular formula is C4H9BrO. The van der Waals surface area contributed by atoms with Crippen molar-refractivity contribution >= 4 is 23.3 Å². The first-order valence-electron chi connectivity index (χ1n) is 1.85. The molecule has 0 atom stereocenters. The molecule has 0 aromatic heterocycles. The molecule has 0 heterocycles. The average Bonchev–Trinajstić information content (AvgIpc) is 1.41. The van der Waals surface area contributed by atoms with Crippen LogP contribution in [0.1, 0.15) is 19.8 Å².